The number of hydrogen-bond donors (Lipinski definition) is 1. The molecule has 1 aromatic rings. The number of carbonyl (C=O) groups excluding carboxylic acids is 2. The van der Waals surface area contributed by atoms with E-state index in [1.807, 2.05) is 5.32 Å². The van der Waals surface area contributed by atoms with Crippen LogP contribution in [0, 0.1) is 0 Å². The Kier molecular flexibility index (Phi) is 4.61. The van der Waals surface area contributed by atoms with Gasteiger partial charge >= 0.3 is 6.43 Å². The minimum Gasteiger partial charge on any atom is -0.345 e. The molecule has 0 heterocycles. The van der Waals surface area contributed by atoms with Gasteiger partial charge in [0.1, 0.15) is 0 Å². The quantitative estimate of drug-likeness (QED) is 0.920. The molecule has 0 radical (unpaired) electrons. The van der Waals surface area contributed by atoms with Crippen LogP contribution in [0.15, 0.2) is 18.2 Å². The second-order valence-electron chi connectivity index (χ2n) is 3.68. The van der Waals surface area contributed by atoms with Crippen molar-refractivity contribution in [2.45, 2.75) is 6.43 Å². The van der Waals surface area contributed by atoms with Gasteiger partial charge in [0.2, 0.25) is 0 Å². The molecule has 0 aliphatic carbocycles. The van der Waals surface area contributed by atoms with Crippen LogP contribution in [-0.4, -0.2) is 37.2 Å². The van der Waals surface area contributed by atoms with Crippen molar-refractivity contribution in [3.63, 3.8) is 0 Å². The van der Waals surface area contributed by atoms with Gasteiger partial charge in [0.05, 0.1) is 10.7 Å². The molecule has 7 heteroatoms. The third-order valence-corrected chi connectivity index (χ3v) is 2.41. The van der Waals surface area contributed by atoms with Gasteiger partial charge in [-0.15, -0.1) is 0 Å². The molecule has 0 aliphatic heterocycles. The molecule has 0 bridgehead atoms. The van der Waals surface area contributed by atoms with Gasteiger partial charge in [-0.25, -0.2) is 0 Å². The Morgan fingerprint density at radius 1 is 1.33 bits per heavy atom. The number of benzene rings is 1. The van der Waals surface area contributed by atoms with Crippen molar-refractivity contribution in [1.82, 2.24) is 4.90 Å². The summed E-state index contributed by atoms with van der Waals surface area (Å²) in [7, 11) is 3.10. The molecule has 2 amide bonds. The number of rotatable bonds is 3. The fourth-order valence-electron chi connectivity index (χ4n) is 1.20. The molecular formula is C11H11ClF2N2O2. The molecule has 98 valence electrons. The Labute approximate surface area is 108 Å². The predicted molar refractivity (Wildman–Crippen MR) is 64.1 cm³/mol. The Bertz CT molecular complexity index is 478. The fourth-order valence-corrected chi connectivity index (χ4v) is 1.36. The standard InChI is InChI=1S/C11H11ClF2N2O2/c1-16(2)11(18)6-3-4-7(12)8(5-6)15-10(17)9(13)14/h3-5,9H,1-2H3,(H,15,17). The molecule has 0 aliphatic rings. The van der Waals surface area contributed by atoms with E-state index in [1.165, 1.54) is 23.1 Å². The largest absolute Gasteiger partial charge is 0.345 e. The highest BCUT2D eigenvalue weighted by atomic mass is 35.5. The maximum absolute atomic E-state index is 12.1. The number of alkyl halides is 2. The van der Waals surface area contributed by atoms with Gasteiger partial charge in [-0.3, -0.25) is 9.59 Å². The predicted octanol–water partition coefficient (Wildman–Crippen LogP) is 2.25. The first-order valence-corrected chi connectivity index (χ1v) is 5.31. The Balaban J connectivity index is 3.02. The maximum Gasteiger partial charge on any atom is 0.315 e. The summed E-state index contributed by atoms with van der Waals surface area (Å²) in [5.41, 5.74) is 0.226. The van der Waals surface area contributed by atoms with E-state index in [1.54, 1.807) is 14.1 Å². The zero-order valence-corrected chi connectivity index (χ0v) is 10.5. The summed E-state index contributed by atoms with van der Waals surface area (Å²) in [6, 6.07) is 4.06. The monoisotopic (exact) mass is 276 g/mol. The lowest BCUT2D eigenvalue weighted by Crippen LogP contribution is -2.23. The summed E-state index contributed by atoms with van der Waals surface area (Å²) in [5, 5.41) is 2.03. The van der Waals surface area contributed by atoms with Gasteiger partial charge < -0.3 is 10.2 Å². The Morgan fingerprint density at radius 2 is 1.94 bits per heavy atom. The zero-order valence-electron chi connectivity index (χ0n) is 9.71. The van der Waals surface area contributed by atoms with E-state index in [0.717, 1.165) is 0 Å². The van der Waals surface area contributed by atoms with E-state index < -0.39 is 12.3 Å². The first kappa shape index (κ1) is 14.4. The SMILES string of the molecule is CN(C)C(=O)c1ccc(Cl)c(NC(=O)C(F)F)c1. The van der Waals surface area contributed by atoms with E-state index in [-0.39, 0.29) is 22.2 Å². The van der Waals surface area contributed by atoms with E-state index >= 15 is 0 Å². The Morgan fingerprint density at radius 3 is 2.44 bits per heavy atom. The number of amides is 2. The number of nitrogens with one attached hydrogen (secondary N) is 1. The molecule has 0 saturated heterocycles. The van der Waals surface area contributed by atoms with Crippen LogP contribution in [0.3, 0.4) is 0 Å². The van der Waals surface area contributed by atoms with Crippen LogP contribution < -0.4 is 5.32 Å². The van der Waals surface area contributed by atoms with Crippen molar-refractivity contribution < 1.29 is 18.4 Å². The highest BCUT2D eigenvalue weighted by molar-refractivity contribution is 6.33. The first-order valence-electron chi connectivity index (χ1n) is 4.93. The number of nitrogens with zero attached hydrogens (tertiary/aromatic N) is 1. The lowest BCUT2D eigenvalue weighted by atomic mass is 10.2. The molecule has 0 aromatic heterocycles. The van der Waals surface area contributed by atoms with E-state index in [9.17, 15) is 18.4 Å². The van der Waals surface area contributed by atoms with Crippen molar-refractivity contribution >= 4 is 29.1 Å². The summed E-state index contributed by atoms with van der Waals surface area (Å²) < 4.78 is 24.2. The second kappa shape index (κ2) is 5.77. The van der Waals surface area contributed by atoms with Crippen LogP contribution in [0.5, 0.6) is 0 Å². The average molecular weight is 277 g/mol. The van der Waals surface area contributed by atoms with Crippen molar-refractivity contribution in [1.29, 1.82) is 0 Å². The van der Waals surface area contributed by atoms with Crippen LogP contribution in [0.25, 0.3) is 0 Å². The van der Waals surface area contributed by atoms with Gasteiger partial charge in [-0.2, -0.15) is 8.78 Å². The van der Waals surface area contributed by atoms with E-state index in [0.29, 0.717) is 0 Å². The summed E-state index contributed by atoms with van der Waals surface area (Å²) in [4.78, 5) is 23.8. The number of carbonyl (C=O) groups is 2. The number of anilines is 1. The molecule has 4 nitrogen and oxygen atoms in total. The minimum atomic E-state index is -3.14. The van der Waals surface area contributed by atoms with Gasteiger partial charge in [0.15, 0.2) is 0 Å². The summed E-state index contributed by atoms with van der Waals surface area (Å²) in [6.07, 6.45) is -3.14. The molecule has 1 rings (SSSR count). The maximum atomic E-state index is 12.1. The topological polar surface area (TPSA) is 49.4 Å². The smallest absolute Gasteiger partial charge is 0.315 e. The van der Waals surface area contributed by atoms with Gasteiger partial charge in [0.25, 0.3) is 11.8 Å². The molecule has 0 atom stereocenters. The zero-order chi connectivity index (χ0) is 13.9. The summed E-state index contributed by atoms with van der Waals surface area (Å²) in [6.45, 7) is 0. The average Bonchev–Trinajstić information content (AvgIpc) is 2.30. The van der Waals surface area contributed by atoms with Gasteiger partial charge in [0, 0.05) is 19.7 Å². The molecule has 0 fully saturated rings. The lowest BCUT2D eigenvalue weighted by Gasteiger charge is -2.12. The molecule has 0 spiro atoms. The molecule has 1 aromatic carbocycles. The molecular weight excluding hydrogens is 266 g/mol. The van der Waals surface area contributed by atoms with E-state index in [2.05, 4.69) is 0 Å². The minimum absolute atomic E-state index is 0.0188. The molecule has 18 heavy (non-hydrogen) atoms. The van der Waals surface area contributed by atoms with Gasteiger partial charge in [-0.1, -0.05) is 11.6 Å². The molecule has 0 saturated carbocycles. The van der Waals surface area contributed by atoms with Crippen LogP contribution in [0.2, 0.25) is 5.02 Å². The van der Waals surface area contributed by atoms with Crippen molar-refractivity contribution in [2.24, 2.45) is 0 Å². The van der Waals surface area contributed by atoms with E-state index in [4.69, 9.17) is 11.6 Å². The summed E-state index contributed by atoms with van der Waals surface area (Å²) in [5.74, 6) is -1.79. The van der Waals surface area contributed by atoms with Crippen LogP contribution in [-0.2, 0) is 4.79 Å². The molecule has 0 unspecified atom stereocenters. The van der Waals surface area contributed by atoms with Crippen molar-refractivity contribution in [3.05, 3.63) is 28.8 Å². The number of halogens is 3. The fraction of sp³-hybridized carbons (Fsp3) is 0.273. The third-order valence-electron chi connectivity index (χ3n) is 2.08. The molecule has 1 N–H and O–H groups in total. The summed E-state index contributed by atoms with van der Waals surface area (Å²) >= 11 is 5.74. The highest BCUT2D eigenvalue weighted by Crippen LogP contribution is 2.24. The van der Waals surface area contributed by atoms with Gasteiger partial charge in [-0.05, 0) is 18.2 Å². The first-order chi connectivity index (χ1) is 8.32. The third kappa shape index (κ3) is 3.40. The van der Waals surface area contributed by atoms with Crippen LogP contribution in [0.4, 0.5) is 14.5 Å². The number of hydrogen-bond acceptors (Lipinski definition) is 2. The lowest BCUT2D eigenvalue weighted by molar-refractivity contribution is -0.126. The Hall–Kier alpha value is -1.69. The second-order valence-corrected chi connectivity index (χ2v) is 4.09. The normalized spacial score (nSPS) is 10.3. The van der Waals surface area contributed by atoms with Crippen molar-refractivity contribution in [3.8, 4) is 0 Å². The van der Waals surface area contributed by atoms with Crippen molar-refractivity contribution in [2.75, 3.05) is 19.4 Å². The highest BCUT2D eigenvalue weighted by Gasteiger charge is 2.17. The van der Waals surface area contributed by atoms with Crippen LogP contribution in [0.1, 0.15) is 10.4 Å². The van der Waals surface area contributed by atoms with Crippen LogP contribution >= 0.6 is 11.6 Å².